The van der Waals surface area contributed by atoms with Crippen LogP contribution in [0.2, 0.25) is 0 Å². The number of nitrogens with one attached hydrogen (secondary N) is 1. The largest absolute Gasteiger partial charge is 0.423 e. The van der Waals surface area contributed by atoms with Crippen LogP contribution in [-0.4, -0.2) is 11.0 Å². The molecule has 0 aliphatic rings. The Hall–Kier alpha value is -2.03. The lowest BCUT2D eigenvalue weighted by Gasteiger charge is -2.00. The van der Waals surface area contributed by atoms with E-state index in [-0.39, 0.29) is 0 Å². The van der Waals surface area contributed by atoms with E-state index in [0.717, 1.165) is 17.0 Å². The van der Waals surface area contributed by atoms with Crippen molar-refractivity contribution in [3.63, 3.8) is 0 Å². The van der Waals surface area contributed by atoms with Crippen LogP contribution in [0.25, 0.3) is 10.9 Å². The third kappa shape index (κ3) is 1.52. The van der Waals surface area contributed by atoms with Crippen LogP contribution in [0.3, 0.4) is 0 Å². The van der Waals surface area contributed by atoms with Gasteiger partial charge in [0, 0.05) is 23.9 Å². The van der Waals surface area contributed by atoms with Crippen LogP contribution < -0.4 is 4.74 Å². The summed E-state index contributed by atoms with van der Waals surface area (Å²) in [4.78, 5) is 13.9. The van der Waals surface area contributed by atoms with Gasteiger partial charge in [0.05, 0.1) is 0 Å². The van der Waals surface area contributed by atoms with Crippen molar-refractivity contribution in [1.29, 1.82) is 0 Å². The van der Waals surface area contributed by atoms with Gasteiger partial charge in [0.25, 0.3) is 0 Å². The number of aromatic nitrogens is 1. The standard InChI is InChI=1S/C11H9NO2/c1-2-11(13)14-9-4-3-8-5-6-12-10(8)7-9/h2-7,12H,1H2. The molecule has 70 valence electrons. The van der Waals surface area contributed by atoms with E-state index in [1.807, 2.05) is 18.3 Å². The van der Waals surface area contributed by atoms with Gasteiger partial charge in [0.2, 0.25) is 0 Å². The summed E-state index contributed by atoms with van der Waals surface area (Å²) in [6.45, 7) is 3.33. The van der Waals surface area contributed by atoms with Crippen LogP contribution in [-0.2, 0) is 4.79 Å². The first kappa shape index (κ1) is 8.56. The van der Waals surface area contributed by atoms with Gasteiger partial charge in [-0.1, -0.05) is 6.58 Å². The van der Waals surface area contributed by atoms with Gasteiger partial charge in [-0.3, -0.25) is 0 Å². The van der Waals surface area contributed by atoms with Crippen LogP contribution >= 0.6 is 0 Å². The highest BCUT2D eigenvalue weighted by atomic mass is 16.5. The van der Waals surface area contributed by atoms with Gasteiger partial charge < -0.3 is 9.72 Å². The second-order valence-electron chi connectivity index (χ2n) is 2.85. The van der Waals surface area contributed by atoms with Gasteiger partial charge in [0.15, 0.2) is 0 Å². The Morgan fingerprint density at radius 1 is 1.43 bits per heavy atom. The summed E-state index contributed by atoms with van der Waals surface area (Å²) in [5, 5.41) is 1.09. The quantitative estimate of drug-likeness (QED) is 0.445. The minimum Gasteiger partial charge on any atom is -0.423 e. The topological polar surface area (TPSA) is 42.1 Å². The lowest BCUT2D eigenvalue weighted by Crippen LogP contribution is -2.02. The summed E-state index contributed by atoms with van der Waals surface area (Å²) < 4.78 is 4.96. The number of rotatable bonds is 2. The molecule has 2 aromatic rings. The molecule has 0 atom stereocenters. The summed E-state index contributed by atoms with van der Waals surface area (Å²) >= 11 is 0. The molecule has 3 heteroatoms. The predicted octanol–water partition coefficient (Wildman–Crippen LogP) is 2.26. The fourth-order valence-corrected chi connectivity index (χ4v) is 1.25. The molecule has 0 amide bonds. The average Bonchev–Trinajstić information content (AvgIpc) is 2.64. The molecule has 0 aliphatic carbocycles. The van der Waals surface area contributed by atoms with E-state index in [2.05, 4.69) is 11.6 Å². The minimum absolute atomic E-state index is 0.448. The monoisotopic (exact) mass is 187 g/mol. The first-order valence-electron chi connectivity index (χ1n) is 4.21. The Kier molecular flexibility index (Phi) is 2.07. The van der Waals surface area contributed by atoms with E-state index >= 15 is 0 Å². The molecule has 0 spiro atoms. The first-order chi connectivity index (χ1) is 6.79. The second-order valence-corrected chi connectivity index (χ2v) is 2.85. The molecule has 0 radical (unpaired) electrons. The van der Waals surface area contributed by atoms with Crippen LogP contribution in [0.1, 0.15) is 0 Å². The summed E-state index contributed by atoms with van der Waals surface area (Å²) in [7, 11) is 0. The van der Waals surface area contributed by atoms with Crippen LogP contribution in [0.4, 0.5) is 0 Å². The Labute approximate surface area is 81.0 Å². The number of ether oxygens (including phenoxy) is 1. The smallest absolute Gasteiger partial charge is 0.335 e. The Balaban J connectivity index is 2.34. The summed E-state index contributed by atoms with van der Waals surface area (Å²) in [6, 6.07) is 7.36. The predicted molar refractivity (Wildman–Crippen MR) is 54.1 cm³/mol. The van der Waals surface area contributed by atoms with Crippen molar-refractivity contribution in [2.45, 2.75) is 0 Å². The van der Waals surface area contributed by atoms with Gasteiger partial charge in [-0.25, -0.2) is 4.79 Å². The average molecular weight is 187 g/mol. The normalized spacial score (nSPS) is 10.0. The first-order valence-corrected chi connectivity index (χ1v) is 4.21. The number of esters is 1. The van der Waals surface area contributed by atoms with Gasteiger partial charge >= 0.3 is 5.97 Å². The van der Waals surface area contributed by atoms with Crippen LogP contribution in [0.15, 0.2) is 43.1 Å². The van der Waals surface area contributed by atoms with Crippen molar-refractivity contribution >= 4 is 16.9 Å². The number of hydrogen-bond acceptors (Lipinski definition) is 2. The zero-order valence-electron chi connectivity index (χ0n) is 7.49. The number of carbonyl (C=O) groups excluding carboxylic acids is 1. The summed E-state index contributed by atoms with van der Waals surface area (Å²) in [5.74, 6) is 0.0701. The third-order valence-electron chi connectivity index (χ3n) is 1.91. The van der Waals surface area contributed by atoms with E-state index in [9.17, 15) is 4.79 Å². The van der Waals surface area contributed by atoms with E-state index < -0.39 is 5.97 Å². The Bertz CT molecular complexity index is 485. The molecule has 2 rings (SSSR count). The molecule has 14 heavy (non-hydrogen) atoms. The van der Waals surface area contributed by atoms with E-state index in [1.165, 1.54) is 0 Å². The maximum absolute atomic E-state index is 10.9. The Morgan fingerprint density at radius 3 is 3.07 bits per heavy atom. The molecular weight excluding hydrogens is 178 g/mol. The Morgan fingerprint density at radius 2 is 2.29 bits per heavy atom. The number of hydrogen-bond donors (Lipinski definition) is 1. The number of aromatic amines is 1. The molecule has 1 aromatic heterocycles. The highest BCUT2D eigenvalue weighted by Gasteiger charge is 2.01. The lowest BCUT2D eigenvalue weighted by molar-refractivity contribution is -0.128. The van der Waals surface area contributed by atoms with Gasteiger partial charge in [0.1, 0.15) is 5.75 Å². The molecule has 0 saturated heterocycles. The van der Waals surface area contributed by atoms with Crippen molar-refractivity contribution in [2.24, 2.45) is 0 Å². The van der Waals surface area contributed by atoms with Gasteiger partial charge in [-0.2, -0.15) is 0 Å². The summed E-state index contributed by atoms with van der Waals surface area (Å²) in [6.07, 6.45) is 2.97. The van der Waals surface area contributed by atoms with E-state index in [4.69, 9.17) is 4.74 Å². The third-order valence-corrected chi connectivity index (χ3v) is 1.91. The molecule has 1 N–H and O–H groups in total. The van der Waals surface area contributed by atoms with Crippen molar-refractivity contribution in [3.05, 3.63) is 43.1 Å². The van der Waals surface area contributed by atoms with Crippen molar-refractivity contribution in [1.82, 2.24) is 4.98 Å². The molecule has 0 fully saturated rings. The molecule has 0 aliphatic heterocycles. The number of fused-ring (bicyclic) bond motifs is 1. The molecule has 1 heterocycles. The number of benzene rings is 1. The highest BCUT2D eigenvalue weighted by molar-refractivity contribution is 5.85. The summed E-state index contributed by atoms with van der Waals surface area (Å²) in [5.41, 5.74) is 0.944. The second kappa shape index (κ2) is 3.38. The number of H-pyrrole nitrogens is 1. The molecule has 0 saturated carbocycles. The van der Waals surface area contributed by atoms with Crippen LogP contribution in [0, 0.1) is 0 Å². The van der Waals surface area contributed by atoms with Crippen molar-refractivity contribution in [3.8, 4) is 5.75 Å². The fourth-order valence-electron chi connectivity index (χ4n) is 1.25. The minimum atomic E-state index is -0.448. The van der Waals surface area contributed by atoms with Crippen molar-refractivity contribution in [2.75, 3.05) is 0 Å². The molecule has 0 unspecified atom stereocenters. The van der Waals surface area contributed by atoms with E-state index in [0.29, 0.717) is 5.75 Å². The zero-order chi connectivity index (χ0) is 9.97. The molecule has 0 bridgehead atoms. The maximum Gasteiger partial charge on any atom is 0.335 e. The van der Waals surface area contributed by atoms with Gasteiger partial charge in [-0.15, -0.1) is 0 Å². The fraction of sp³-hybridized carbons (Fsp3) is 0. The zero-order valence-corrected chi connectivity index (χ0v) is 7.49. The maximum atomic E-state index is 10.9. The van der Waals surface area contributed by atoms with E-state index in [1.54, 1.807) is 12.1 Å². The number of carbonyl (C=O) groups is 1. The molecule has 3 nitrogen and oxygen atoms in total. The molecule has 1 aromatic carbocycles. The van der Waals surface area contributed by atoms with Crippen LogP contribution in [0.5, 0.6) is 5.75 Å². The lowest BCUT2D eigenvalue weighted by atomic mass is 10.2. The molecular formula is C11H9NO2. The highest BCUT2D eigenvalue weighted by Crippen LogP contribution is 2.19. The van der Waals surface area contributed by atoms with Crippen molar-refractivity contribution < 1.29 is 9.53 Å². The van der Waals surface area contributed by atoms with Gasteiger partial charge in [-0.05, 0) is 23.6 Å². The SMILES string of the molecule is C=CC(=O)Oc1ccc2cc[nH]c2c1.